The number of rotatable bonds is 1. The number of hydrogen-bond donors (Lipinski definition) is 0. The zero-order chi connectivity index (χ0) is 11.0. The Morgan fingerprint density at radius 2 is 1.80 bits per heavy atom. The molecule has 1 amide bonds. The Morgan fingerprint density at radius 1 is 1.20 bits per heavy atom. The van der Waals surface area contributed by atoms with Gasteiger partial charge in [-0.05, 0) is 18.2 Å². The number of alkyl halides is 1. The van der Waals surface area contributed by atoms with Crippen LogP contribution in [-0.2, 0) is 4.79 Å². The van der Waals surface area contributed by atoms with E-state index in [0.29, 0.717) is 28.7 Å². The van der Waals surface area contributed by atoms with Gasteiger partial charge in [0.15, 0.2) is 0 Å². The first-order valence-electron chi connectivity index (χ1n) is 4.47. The van der Waals surface area contributed by atoms with Gasteiger partial charge in [-0.2, -0.15) is 0 Å². The summed E-state index contributed by atoms with van der Waals surface area (Å²) in [5, 5.41) is 0.905. The van der Waals surface area contributed by atoms with E-state index in [-0.39, 0.29) is 11.3 Å². The zero-order valence-electron chi connectivity index (χ0n) is 7.71. The standard InChI is InChI=1S/C10H8Cl3NO/c11-6-1-7(12)3-9(2-6)14-5-8(13)4-10(14)15/h1-3,8H,4-5H2. The Kier molecular flexibility index (Phi) is 3.10. The van der Waals surface area contributed by atoms with Crippen LogP contribution >= 0.6 is 34.8 Å². The Labute approximate surface area is 103 Å². The molecule has 1 aliphatic rings. The van der Waals surface area contributed by atoms with E-state index >= 15 is 0 Å². The summed E-state index contributed by atoms with van der Waals surface area (Å²) in [4.78, 5) is 13.2. The van der Waals surface area contributed by atoms with Gasteiger partial charge in [0.05, 0.1) is 5.38 Å². The molecule has 1 fully saturated rings. The predicted molar refractivity (Wildman–Crippen MR) is 63.1 cm³/mol. The molecule has 0 spiro atoms. The number of anilines is 1. The highest BCUT2D eigenvalue weighted by Gasteiger charge is 2.29. The molecule has 0 N–H and O–H groups in total. The summed E-state index contributed by atoms with van der Waals surface area (Å²) in [6, 6.07) is 5.05. The molecule has 1 unspecified atom stereocenters. The molecule has 5 heteroatoms. The molecular weight excluding hydrogens is 256 g/mol. The predicted octanol–water partition coefficient (Wildman–Crippen LogP) is 3.34. The van der Waals surface area contributed by atoms with Crippen LogP contribution < -0.4 is 4.90 Å². The van der Waals surface area contributed by atoms with Gasteiger partial charge in [-0.15, -0.1) is 11.6 Å². The van der Waals surface area contributed by atoms with E-state index in [1.165, 1.54) is 0 Å². The lowest BCUT2D eigenvalue weighted by Gasteiger charge is -2.16. The van der Waals surface area contributed by atoms with Crippen molar-refractivity contribution in [3.8, 4) is 0 Å². The maximum absolute atomic E-state index is 11.6. The summed E-state index contributed by atoms with van der Waals surface area (Å²) < 4.78 is 0. The summed E-state index contributed by atoms with van der Waals surface area (Å²) in [7, 11) is 0. The molecule has 0 bridgehead atoms. The second-order valence-electron chi connectivity index (χ2n) is 3.43. The van der Waals surface area contributed by atoms with Crippen molar-refractivity contribution in [1.29, 1.82) is 0 Å². The van der Waals surface area contributed by atoms with E-state index in [1.807, 2.05) is 0 Å². The first-order valence-corrected chi connectivity index (χ1v) is 5.66. The van der Waals surface area contributed by atoms with Crippen LogP contribution in [0.15, 0.2) is 18.2 Å². The van der Waals surface area contributed by atoms with Crippen LogP contribution in [-0.4, -0.2) is 17.8 Å². The fraction of sp³-hybridized carbons (Fsp3) is 0.300. The van der Waals surface area contributed by atoms with Crippen molar-refractivity contribution in [1.82, 2.24) is 0 Å². The normalized spacial score (nSPS) is 21.1. The van der Waals surface area contributed by atoms with Crippen LogP contribution in [0.3, 0.4) is 0 Å². The molecule has 1 heterocycles. The van der Waals surface area contributed by atoms with Gasteiger partial charge in [0.2, 0.25) is 5.91 Å². The molecule has 0 aromatic heterocycles. The van der Waals surface area contributed by atoms with E-state index in [2.05, 4.69) is 0 Å². The van der Waals surface area contributed by atoms with Gasteiger partial charge >= 0.3 is 0 Å². The molecule has 0 radical (unpaired) electrons. The smallest absolute Gasteiger partial charge is 0.228 e. The number of amides is 1. The van der Waals surface area contributed by atoms with Gasteiger partial charge in [-0.25, -0.2) is 0 Å². The number of nitrogens with zero attached hydrogens (tertiary/aromatic N) is 1. The van der Waals surface area contributed by atoms with Crippen molar-refractivity contribution >= 4 is 46.4 Å². The third-order valence-corrected chi connectivity index (χ3v) is 2.97. The Bertz CT molecular complexity index is 387. The molecule has 2 nitrogen and oxygen atoms in total. The Morgan fingerprint density at radius 3 is 2.27 bits per heavy atom. The average molecular weight is 265 g/mol. The molecule has 80 valence electrons. The number of hydrogen-bond acceptors (Lipinski definition) is 1. The van der Waals surface area contributed by atoms with E-state index < -0.39 is 0 Å². The van der Waals surface area contributed by atoms with Gasteiger partial charge in [-0.3, -0.25) is 4.79 Å². The van der Waals surface area contributed by atoms with Crippen molar-refractivity contribution in [3.05, 3.63) is 28.2 Å². The maximum Gasteiger partial charge on any atom is 0.228 e. The molecule has 0 aliphatic carbocycles. The second kappa shape index (κ2) is 4.20. The lowest BCUT2D eigenvalue weighted by atomic mass is 10.3. The summed E-state index contributed by atoms with van der Waals surface area (Å²) in [5.74, 6) is 0.00772. The van der Waals surface area contributed by atoms with Crippen LogP contribution in [0.5, 0.6) is 0 Å². The Hall–Kier alpha value is -0.440. The fourth-order valence-electron chi connectivity index (χ4n) is 1.61. The summed E-state index contributed by atoms with van der Waals surface area (Å²) in [6.45, 7) is 0.511. The lowest BCUT2D eigenvalue weighted by molar-refractivity contribution is -0.117. The summed E-state index contributed by atoms with van der Waals surface area (Å²) >= 11 is 17.6. The zero-order valence-corrected chi connectivity index (χ0v) is 9.98. The van der Waals surface area contributed by atoms with E-state index in [1.54, 1.807) is 23.1 Å². The fourth-order valence-corrected chi connectivity index (χ4v) is 2.39. The first kappa shape index (κ1) is 11.1. The van der Waals surface area contributed by atoms with Gasteiger partial charge < -0.3 is 4.90 Å². The van der Waals surface area contributed by atoms with E-state index in [4.69, 9.17) is 34.8 Å². The number of halogens is 3. The van der Waals surface area contributed by atoms with Gasteiger partial charge in [-0.1, -0.05) is 23.2 Å². The topological polar surface area (TPSA) is 20.3 Å². The minimum Gasteiger partial charge on any atom is -0.311 e. The van der Waals surface area contributed by atoms with E-state index in [9.17, 15) is 4.79 Å². The van der Waals surface area contributed by atoms with Crippen LogP contribution in [0.1, 0.15) is 6.42 Å². The molecule has 1 aromatic carbocycles. The molecule has 0 saturated carbocycles. The van der Waals surface area contributed by atoms with Gasteiger partial charge in [0.1, 0.15) is 0 Å². The van der Waals surface area contributed by atoms with Gasteiger partial charge in [0.25, 0.3) is 0 Å². The third kappa shape index (κ3) is 2.39. The van der Waals surface area contributed by atoms with Crippen LogP contribution in [0, 0.1) is 0 Å². The van der Waals surface area contributed by atoms with Crippen LogP contribution in [0.25, 0.3) is 0 Å². The van der Waals surface area contributed by atoms with Crippen molar-refractivity contribution in [2.45, 2.75) is 11.8 Å². The molecule has 2 rings (SSSR count). The van der Waals surface area contributed by atoms with Gasteiger partial charge in [0, 0.05) is 28.7 Å². The average Bonchev–Trinajstić information content (AvgIpc) is 2.43. The molecule has 15 heavy (non-hydrogen) atoms. The second-order valence-corrected chi connectivity index (χ2v) is 4.92. The molecule has 1 aliphatic heterocycles. The highest BCUT2D eigenvalue weighted by molar-refractivity contribution is 6.35. The van der Waals surface area contributed by atoms with Crippen molar-refractivity contribution in [2.24, 2.45) is 0 Å². The molecule has 1 aromatic rings. The first-order chi connectivity index (χ1) is 7.06. The Balaban J connectivity index is 2.33. The SMILES string of the molecule is O=C1CC(Cl)CN1c1cc(Cl)cc(Cl)c1. The quantitative estimate of drug-likeness (QED) is 0.713. The van der Waals surface area contributed by atoms with Crippen molar-refractivity contribution in [2.75, 3.05) is 11.4 Å². The minimum atomic E-state index is -0.129. The van der Waals surface area contributed by atoms with Crippen LogP contribution in [0.2, 0.25) is 10.0 Å². The largest absolute Gasteiger partial charge is 0.311 e. The third-order valence-electron chi connectivity index (χ3n) is 2.24. The number of carbonyl (C=O) groups is 1. The van der Waals surface area contributed by atoms with E-state index in [0.717, 1.165) is 0 Å². The maximum atomic E-state index is 11.6. The minimum absolute atomic E-state index is 0.00772. The number of carbonyl (C=O) groups excluding carboxylic acids is 1. The molecule has 1 saturated heterocycles. The van der Waals surface area contributed by atoms with Crippen LogP contribution in [0.4, 0.5) is 5.69 Å². The summed E-state index contributed by atoms with van der Waals surface area (Å²) in [6.07, 6.45) is 0.367. The summed E-state index contributed by atoms with van der Waals surface area (Å²) in [5.41, 5.74) is 0.709. The van der Waals surface area contributed by atoms with Crippen molar-refractivity contribution in [3.63, 3.8) is 0 Å². The highest BCUT2D eigenvalue weighted by Crippen LogP contribution is 2.29. The number of benzene rings is 1. The van der Waals surface area contributed by atoms with Crippen molar-refractivity contribution < 1.29 is 4.79 Å². The lowest BCUT2D eigenvalue weighted by Crippen LogP contribution is -2.24. The molecular formula is C10H8Cl3NO. The highest BCUT2D eigenvalue weighted by atomic mass is 35.5. The molecule has 1 atom stereocenters. The monoisotopic (exact) mass is 263 g/mol.